The predicted molar refractivity (Wildman–Crippen MR) is 81.6 cm³/mol. The van der Waals surface area contributed by atoms with Crippen molar-refractivity contribution in [1.29, 1.82) is 0 Å². The van der Waals surface area contributed by atoms with E-state index in [1.807, 2.05) is 39.1 Å². The number of pyridine rings is 1. The van der Waals surface area contributed by atoms with Crippen LogP contribution in [0.1, 0.15) is 42.5 Å². The number of rotatable bonds is 4. The van der Waals surface area contributed by atoms with Gasteiger partial charge in [0.15, 0.2) is 5.82 Å². The van der Waals surface area contributed by atoms with Crippen molar-refractivity contribution in [2.75, 3.05) is 6.54 Å². The van der Waals surface area contributed by atoms with E-state index in [0.29, 0.717) is 0 Å². The van der Waals surface area contributed by atoms with Gasteiger partial charge in [-0.15, -0.1) is 0 Å². The number of hydrogen-bond donors (Lipinski definition) is 1. The molecule has 2 aromatic rings. The van der Waals surface area contributed by atoms with Crippen LogP contribution in [0.15, 0.2) is 18.3 Å². The summed E-state index contributed by atoms with van der Waals surface area (Å²) in [5.41, 5.74) is 5.19. The van der Waals surface area contributed by atoms with Gasteiger partial charge in [0.05, 0.1) is 0 Å². The van der Waals surface area contributed by atoms with Crippen LogP contribution in [0.25, 0.3) is 11.4 Å². The summed E-state index contributed by atoms with van der Waals surface area (Å²) < 4.78 is 0. The molecule has 0 saturated heterocycles. The van der Waals surface area contributed by atoms with Gasteiger partial charge in [0.1, 0.15) is 0 Å². The first-order valence-electron chi connectivity index (χ1n) is 7.03. The van der Waals surface area contributed by atoms with Crippen LogP contribution in [-0.4, -0.2) is 21.5 Å². The summed E-state index contributed by atoms with van der Waals surface area (Å²) in [6.45, 7) is 11.2. The number of nitrogens with zero attached hydrogens (tertiary/aromatic N) is 3. The van der Waals surface area contributed by atoms with Crippen LogP contribution in [0.3, 0.4) is 0 Å². The third kappa shape index (κ3) is 3.20. The topological polar surface area (TPSA) is 50.7 Å². The second-order valence-electron chi connectivity index (χ2n) is 5.15. The molecule has 0 aliphatic rings. The van der Waals surface area contributed by atoms with Crippen LogP contribution in [0.2, 0.25) is 0 Å². The summed E-state index contributed by atoms with van der Waals surface area (Å²) >= 11 is 0. The van der Waals surface area contributed by atoms with E-state index in [-0.39, 0.29) is 6.04 Å². The Kier molecular flexibility index (Phi) is 4.45. The van der Waals surface area contributed by atoms with Crippen molar-refractivity contribution in [3.8, 4) is 11.4 Å². The average Bonchev–Trinajstić information content (AvgIpc) is 2.37. The number of aromatic nitrogens is 3. The molecule has 106 valence electrons. The average molecular weight is 270 g/mol. The molecular weight excluding hydrogens is 248 g/mol. The molecular formula is C16H22N4. The molecule has 2 aromatic heterocycles. The molecule has 4 nitrogen and oxygen atoms in total. The molecule has 0 bridgehead atoms. The molecule has 0 amide bonds. The number of hydrogen-bond acceptors (Lipinski definition) is 4. The standard InChI is InChI=1S/C16H22N4/c1-6-17-12(4)15-9-18-16(20-13(15)5)14-7-10(2)19-11(3)8-14/h7-9,12,17H,6H2,1-5H3. The lowest BCUT2D eigenvalue weighted by Crippen LogP contribution is -2.19. The smallest absolute Gasteiger partial charge is 0.159 e. The maximum Gasteiger partial charge on any atom is 0.159 e. The molecule has 2 rings (SSSR count). The Bertz CT molecular complexity index is 587. The number of aryl methyl sites for hydroxylation is 3. The fourth-order valence-corrected chi connectivity index (χ4v) is 2.42. The van der Waals surface area contributed by atoms with Crippen molar-refractivity contribution >= 4 is 0 Å². The van der Waals surface area contributed by atoms with E-state index in [2.05, 4.69) is 34.1 Å². The summed E-state index contributed by atoms with van der Waals surface area (Å²) in [5.74, 6) is 0.767. The Morgan fingerprint density at radius 2 is 1.75 bits per heavy atom. The SMILES string of the molecule is CCNC(C)c1cnc(-c2cc(C)nc(C)c2)nc1C. The van der Waals surface area contributed by atoms with Crippen molar-refractivity contribution < 1.29 is 0 Å². The van der Waals surface area contributed by atoms with Crippen LogP contribution in [0, 0.1) is 20.8 Å². The van der Waals surface area contributed by atoms with Gasteiger partial charge >= 0.3 is 0 Å². The summed E-state index contributed by atoms with van der Waals surface area (Å²) in [7, 11) is 0. The highest BCUT2D eigenvalue weighted by Crippen LogP contribution is 2.20. The quantitative estimate of drug-likeness (QED) is 0.927. The van der Waals surface area contributed by atoms with Gasteiger partial charge in [0.25, 0.3) is 0 Å². The van der Waals surface area contributed by atoms with Gasteiger partial charge in [-0.2, -0.15) is 0 Å². The molecule has 4 heteroatoms. The molecule has 1 N–H and O–H groups in total. The molecule has 1 unspecified atom stereocenters. The van der Waals surface area contributed by atoms with Crippen LogP contribution in [-0.2, 0) is 0 Å². The zero-order valence-corrected chi connectivity index (χ0v) is 12.9. The summed E-state index contributed by atoms with van der Waals surface area (Å²) in [4.78, 5) is 13.6. The van der Waals surface area contributed by atoms with E-state index in [0.717, 1.165) is 40.6 Å². The largest absolute Gasteiger partial charge is 0.310 e. The third-order valence-corrected chi connectivity index (χ3v) is 3.33. The summed E-state index contributed by atoms with van der Waals surface area (Å²) in [6, 6.07) is 4.32. The minimum absolute atomic E-state index is 0.273. The van der Waals surface area contributed by atoms with Gasteiger partial charge in [0, 0.05) is 40.4 Å². The van der Waals surface area contributed by atoms with Gasteiger partial charge in [-0.1, -0.05) is 6.92 Å². The lowest BCUT2D eigenvalue weighted by Gasteiger charge is -2.15. The van der Waals surface area contributed by atoms with Crippen molar-refractivity contribution in [3.05, 3.63) is 41.0 Å². The van der Waals surface area contributed by atoms with Crippen LogP contribution >= 0.6 is 0 Å². The normalized spacial score (nSPS) is 12.4. The molecule has 0 aromatic carbocycles. The molecule has 0 aliphatic heterocycles. The van der Waals surface area contributed by atoms with Crippen molar-refractivity contribution in [2.45, 2.75) is 40.7 Å². The first-order chi connectivity index (χ1) is 9.51. The predicted octanol–water partition coefficient (Wildman–Crippen LogP) is 3.13. The first kappa shape index (κ1) is 14.6. The van der Waals surface area contributed by atoms with Gasteiger partial charge in [-0.3, -0.25) is 4.98 Å². The third-order valence-electron chi connectivity index (χ3n) is 3.33. The van der Waals surface area contributed by atoms with Crippen molar-refractivity contribution in [2.24, 2.45) is 0 Å². The minimum atomic E-state index is 0.273. The highest BCUT2D eigenvalue weighted by molar-refractivity contribution is 5.56. The Morgan fingerprint density at radius 3 is 2.30 bits per heavy atom. The monoisotopic (exact) mass is 270 g/mol. The Hall–Kier alpha value is -1.81. The molecule has 0 aliphatic carbocycles. The molecule has 0 saturated carbocycles. The molecule has 1 atom stereocenters. The van der Waals surface area contributed by atoms with Crippen molar-refractivity contribution in [3.63, 3.8) is 0 Å². The minimum Gasteiger partial charge on any atom is -0.310 e. The van der Waals surface area contributed by atoms with E-state index in [9.17, 15) is 0 Å². The van der Waals surface area contributed by atoms with E-state index < -0.39 is 0 Å². The van der Waals surface area contributed by atoms with Gasteiger partial charge < -0.3 is 5.32 Å². The Balaban J connectivity index is 2.37. The molecule has 0 spiro atoms. The highest BCUT2D eigenvalue weighted by atomic mass is 14.9. The van der Waals surface area contributed by atoms with E-state index in [4.69, 9.17) is 0 Å². The van der Waals surface area contributed by atoms with E-state index >= 15 is 0 Å². The van der Waals surface area contributed by atoms with Crippen molar-refractivity contribution in [1.82, 2.24) is 20.3 Å². The van der Waals surface area contributed by atoms with Gasteiger partial charge in [-0.25, -0.2) is 9.97 Å². The second-order valence-corrected chi connectivity index (χ2v) is 5.15. The first-order valence-corrected chi connectivity index (χ1v) is 7.03. The Morgan fingerprint density at radius 1 is 1.10 bits per heavy atom. The fourth-order valence-electron chi connectivity index (χ4n) is 2.42. The maximum atomic E-state index is 4.65. The van der Waals surface area contributed by atoms with Gasteiger partial charge in [-0.05, 0) is 46.4 Å². The number of nitrogens with one attached hydrogen (secondary N) is 1. The summed E-state index contributed by atoms with van der Waals surface area (Å²) in [6.07, 6.45) is 1.93. The molecule has 2 heterocycles. The molecule has 20 heavy (non-hydrogen) atoms. The fraction of sp³-hybridized carbons (Fsp3) is 0.438. The lowest BCUT2D eigenvalue weighted by molar-refractivity contribution is 0.590. The second kappa shape index (κ2) is 6.09. The zero-order chi connectivity index (χ0) is 14.7. The van der Waals surface area contributed by atoms with E-state index in [1.54, 1.807) is 0 Å². The molecule has 0 radical (unpaired) electrons. The van der Waals surface area contributed by atoms with Crippen LogP contribution < -0.4 is 5.32 Å². The molecule has 0 fully saturated rings. The van der Waals surface area contributed by atoms with E-state index in [1.165, 1.54) is 0 Å². The van der Waals surface area contributed by atoms with Crippen LogP contribution in [0.4, 0.5) is 0 Å². The zero-order valence-electron chi connectivity index (χ0n) is 12.9. The maximum absolute atomic E-state index is 4.65. The Labute approximate surface area is 120 Å². The van der Waals surface area contributed by atoms with Gasteiger partial charge in [0.2, 0.25) is 0 Å². The highest BCUT2D eigenvalue weighted by Gasteiger charge is 2.11. The summed E-state index contributed by atoms with van der Waals surface area (Å²) in [5, 5.41) is 3.39. The van der Waals surface area contributed by atoms with Crippen LogP contribution in [0.5, 0.6) is 0 Å². The lowest BCUT2D eigenvalue weighted by atomic mass is 10.1.